The molecule has 6 heteroatoms. The van der Waals surface area contributed by atoms with Gasteiger partial charge in [0, 0.05) is 0 Å². The second-order valence-corrected chi connectivity index (χ2v) is 7.10. The van der Waals surface area contributed by atoms with Crippen LogP contribution in [0.4, 0.5) is 0 Å². The minimum Gasteiger partial charge on any atom is -0.394 e. The third kappa shape index (κ3) is 9.11. The van der Waals surface area contributed by atoms with E-state index in [0.29, 0.717) is 6.42 Å². The van der Waals surface area contributed by atoms with Crippen molar-refractivity contribution < 1.29 is 30.3 Å². The van der Waals surface area contributed by atoms with Crippen LogP contribution in [0, 0.1) is 0 Å². The lowest BCUT2D eigenvalue weighted by atomic mass is 9.82. The molecule has 0 amide bonds. The molecule has 0 rings (SSSR count). The largest absolute Gasteiger partial charge is 0.394 e. The maximum atomic E-state index is 11.7. The summed E-state index contributed by atoms with van der Waals surface area (Å²) < 4.78 is 0. The average Bonchev–Trinajstić information content (AvgIpc) is 2.60. The van der Waals surface area contributed by atoms with E-state index in [9.17, 15) is 25.2 Å². The topological polar surface area (TPSA) is 118 Å². The molecule has 0 aliphatic carbocycles. The van der Waals surface area contributed by atoms with Gasteiger partial charge in [0.1, 0.15) is 18.3 Å². The first-order valence-electron chi connectivity index (χ1n) is 9.69. The lowest BCUT2D eigenvalue weighted by Crippen LogP contribution is -2.57. The third-order valence-corrected chi connectivity index (χ3v) is 4.92. The van der Waals surface area contributed by atoms with E-state index in [4.69, 9.17) is 5.11 Å². The molecule has 0 aliphatic heterocycles. The van der Waals surface area contributed by atoms with Crippen LogP contribution in [0.15, 0.2) is 0 Å². The fraction of sp³-hybridized carbons (Fsp3) is 0.947. The molecule has 0 aromatic heterocycles. The van der Waals surface area contributed by atoms with Crippen molar-refractivity contribution in [1.29, 1.82) is 0 Å². The molecule has 6 nitrogen and oxygen atoms in total. The molecule has 4 unspecified atom stereocenters. The van der Waals surface area contributed by atoms with Crippen LogP contribution >= 0.6 is 0 Å². The number of hydrogen-bond donors (Lipinski definition) is 5. The Morgan fingerprint density at radius 3 is 1.72 bits per heavy atom. The standard InChI is InChI=1S/C19H38O6/c1-3-4-5-6-7-8-9-10-11-12-13-19(25,15(2)21)18(24)17(23)16(22)14-20/h16-18,20,22-25H,3-14H2,1-2H3. The molecule has 0 aromatic rings. The van der Waals surface area contributed by atoms with Crippen LogP contribution in [0.5, 0.6) is 0 Å². The normalized spacial score (nSPS) is 17.7. The van der Waals surface area contributed by atoms with Crippen molar-refractivity contribution in [3.8, 4) is 0 Å². The van der Waals surface area contributed by atoms with Gasteiger partial charge in [0.15, 0.2) is 11.4 Å². The van der Waals surface area contributed by atoms with E-state index in [2.05, 4.69) is 6.92 Å². The molecule has 0 bridgehead atoms. The summed E-state index contributed by atoms with van der Waals surface area (Å²) in [6, 6.07) is 0. The first-order valence-corrected chi connectivity index (χ1v) is 9.69. The minimum absolute atomic E-state index is 0.0230. The van der Waals surface area contributed by atoms with Gasteiger partial charge in [-0.2, -0.15) is 0 Å². The van der Waals surface area contributed by atoms with Crippen molar-refractivity contribution in [3.05, 3.63) is 0 Å². The van der Waals surface area contributed by atoms with Gasteiger partial charge >= 0.3 is 0 Å². The molecular formula is C19H38O6. The molecule has 0 fully saturated rings. The number of carbonyl (C=O) groups excluding carboxylic acids is 1. The number of aliphatic hydroxyl groups excluding tert-OH is 4. The summed E-state index contributed by atoms with van der Waals surface area (Å²) in [5, 5.41) is 48.5. The highest BCUT2D eigenvalue weighted by atomic mass is 16.4. The predicted molar refractivity (Wildman–Crippen MR) is 97.2 cm³/mol. The van der Waals surface area contributed by atoms with Gasteiger partial charge in [-0.05, 0) is 13.3 Å². The van der Waals surface area contributed by atoms with Gasteiger partial charge in [0.05, 0.1) is 6.61 Å². The molecule has 0 aliphatic rings. The van der Waals surface area contributed by atoms with E-state index in [1.807, 2.05) is 0 Å². The molecule has 0 spiro atoms. The summed E-state index contributed by atoms with van der Waals surface area (Å²) >= 11 is 0. The Kier molecular flexibility index (Phi) is 13.4. The zero-order chi connectivity index (χ0) is 19.3. The third-order valence-electron chi connectivity index (χ3n) is 4.92. The number of unbranched alkanes of at least 4 members (excludes halogenated alkanes) is 9. The van der Waals surface area contributed by atoms with E-state index in [0.717, 1.165) is 26.2 Å². The molecule has 0 saturated heterocycles. The van der Waals surface area contributed by atoms with E-state index >= 15 is 0 Å². The Hall–Kier alpha value is -0.530. The fourth-order valence-corrected chi connectivity index (χ4v) is 3.02. The molecule has 4 atom stereocenters. The smallest absolute Gasteiger partial charge is 0.164 e. The highest BCUT2D eigenvalue weighted by molar-refractivity contribution is 5.85. The zero-order valence-corrected chi connectivity index (χ0v) is 15.9. The van der Waals surface area contributed by atoms with Crippen LogP contribution in [0.25, 0.3) is 0 Å². The zero-order valence-electron chi connectivity index (χ0n) is 15.9. The number of Topliss-reactive ketones (excluding diaryl/α,β-unsaturated/α-hetero) is 1. The van der Waals surface area contributed by atoms with Gasteiger partial charge in [-0.1, -0.05) is 71.1 Å². The maximum Gasteiger partial charge on any atom is 0.164 e. The monoisotopic (exact) mass is 362 g/mol. The lowest BCUT2D eigenvalue weighted by molar-refractivity contribution is -0.174. The highest BCUT2D eigenvalue weighted by Gasteiger charge is 2.45. The Balaban J connectivity index is 4.13. The Bertz CT molecular complexity index is 349. The van der Waals surface area contributed by atoms with Crippen LogP contribution in [-0.4, -0.2) is 61.8 Å². The summed E-state index contributed by atoms with van der Waals surface area (Å²) in [6.45, 7) is 2.59. The molecule has 0 heterocycles. The van der Waals surface area contributed by atoms with Crippen molar-refractivity contribution >= 4 is 5.78 Å². The van der Waals surface area contributed by atoms with Crippen LogP contribution in [-0.2, 0) is 4.79 Å². The fourth-order valence-electron chi connectivity index (χ4n) is 3.02. The van der Waals surface area contributed by atoms with Crippen molar-refractivity contribution in [2.75, 3.05) is 6.61 Å². The van der Waals surface area contributed by atoms with Crippen molar-refractivity contribution in [2.24, 2.45) is 0 Å². The minimum atomic E-state index is -2.10. The van der Waals surface area contributed by atoms with Crippen LogP contribution < -0.4 is 0 Å². The number of rotatable bonds is 16. The molecule has 150 valence electrons. The Morgan fingerprint density at radius 1 is 0.880 bits per heavy atom. The Morgan fingerprint density at radius 2 is 1.32 bits per heavy atom. The van der Waals surface area contributed by atoms with E-state index in [1.165, 1.54) is 38.5 Å². The average molecular weight is 363 g/mol. The summed E-state index contributed by atoms with van der Waals surface area (Å²) in [7, 11) is 0. The van der Waals surface area contributed by atoms with Crippen LogP contribution in [0.3, 0.4) is 0 Å². The molecule has 0 aromatic carbocycles. The second kappa shape index (κ2) is 13.6. The van der Waals surface area contributed by atoms with E-state index in [1.54, 1.807) is 0 Å². The molecule has 0 saturated carbocycles. The summed E-state index contributed by atoms with van der Waals surface area (Å²) in [6.07, 6.45) is 5.83. The van der Waals surface area contributed by atoms with Gasteiger partial charge in [0.2, 0.25) is 0 Å². The lowest BCUT2D eigenvalue weighted by Gasteiger charge is -2.34. The van der Waals surface area contributed by atoms with E-state index in [-0.39, 0.29) is 6.42 Å². The van der Waals surface area contributed by atoms with Gasteiger partial charge in [-0.25, -0.2) is 0 Å². The molecule has 5 N–H and O–H groups in total. The Labute approximate surface area is 151 Å². The van der Waals surface area contributed by atoms with Gasteiger partial charge in [0.25, 0.3) is 0 Å². The SMILES string of the molecule is CCCCCCCCCCCCC(O)(C(C)=O)C(O)C(O)C(O)CO. The number of carbonyl (C=O) groups is 1. The number of ketones is 1. The molecule has 0 radical (unpaired) electrons. The maximum absolute atomic E-state index is 11.7. The van der Waals surface area contributed by atoms with Crippen LogP contribution in [0.2, 0.25) is 0 Å². The second-order valence-electron chi connectivity index (χ2n) is 7.10. The summed E-state index contributed by atoms with van der Waals surface area (Å²) in [5.41, 5.74) is -2.10. The first kappa shape index (κ1) is 24.5. The van der Waals surface area contributed by atoms with Crippen molar-refractivity contribution in [1.82, 2.24) is 0 Å². The summed E-state index contributed by atoms with van der Waals surface area (Å²) in [4.78, 5) is 11.7. The molecule has 25 heavy (non-hydrogen) atoms. The number of hydrogen-bond acceptors (Lipinski definition) is 6. The van der Waals surface area contributed by atoms with E-state index < -0.39 is 36.3 Å². The quantitative estimate of drug-likeness (QED) is 0.267. The molecular weight excluding hydrogens is 324 g/mol. The van der Waals surface area contributed by atoms with Gasteiger partial charge in [-0.15, -0.1) is 0 Å². The van der Waals surface area contributed by atoms with Crippen molar-refractivity contribution in [2.45, 2.75) is 108 Å². The summed E-state index contributed by atoms with van der Waals surface area (Å²) in [5.74, 6) is -0.653. The number of aliphatic hydroxyl groups is 5. The first-order chi connectivity index (χ1) is 11.8. The van der Waals surface area contributed by atoms with Gasteiger partial charge < -0.3 is 25.5 Å². The highest BCUT2D eigenvalue weighted by Crippen LogP contribution is 2.25. The van der Waals surface area contributed by atoms with Gasteiger partial charge in [-0.3, -0.25) is 4.79 Å². The van der Waals surface area contributed by atoms with Crippen molar-refractivity contribution in [3.63, 3.8) is 0 Å². The predicted octanol–water partition coefficient (Wildman–Crippen LogP) is 1.69. The van der Waals surface area contributed by atoms with Crippen LogP contribution in [0.1, 0.15) is 84.5 Å².